The Hall–Kier alpha value is -2.49. The maximum absolute atomic E-state index is 9.96. The first kappa shape index (κ1) is 17.6. The third kappa shape index (κ3) is 3.15. The second-order valence-corrected chi connectivity index (χ2v) is 7.55. The Morgan fingerprint density at radius 3 is 2.82 bits per heavy atom. The number of aliphatic hydroxyl groups is 1. The molecule has 1 unspecified atom stereocenters. The second-order valence-electron chi connectivity index (χ2n) is 7.55. The van der Waals surface area contributed by atoms with Crippen LogP contribution in [0.3, 0.4) is 0 Å². The highest BCUT2D eigenvalue weighted by Crippen LogP contribution is 2.37. The summed E-state index contributed by atoms with van der Waals surface area (Å²) in [4.78, 5) is 8.90. The molecule has 2 saturated heterocycles. The normalized spacial score (nSPS) is 19.9. The van der Waals surface area contributed by atoms with Crippen LogP contribution >= 0.6 is 0 Å². The number of anilines is 1. The number of morpholine rings is 1. The van der Waals surface area contributed by atoms with Gasteiger partial charge < -0.3 is 19.2 Å². The highest BCUT2D eigenvalue weighted by molar-refractivity contribution is 5.92. The number of nitrogens with zero attached hydrogens (tertiary/aromatic N) is 5. The van der Waals surface area contributed by atoms with Gasteiger partial charge in [-0.2, -0.15) is 0 Å². The van der Waals surface area contributed by atoms with E-state index in [0.29, 0.717) is 22.9 Å². The van der Waals surface area contributed by atoms with Gasteiger partial charge in [0.15, 0.2) is 17.7 Å². The van der Waals surface area contributed by atoms with Crippen molar-refractivity contribution >= 4 is 16.7 Å². The number of oxazole rings is 1. The van der Waals surface area contributed by atoms with Gasteiger partial charge in [-0.05, 0) is 29.4 Å². The van der Waals surface area contributed by atoms with Crippen LogP contribution in [0.4, 0.5) is 5.69 Å². The van der Waals surface area contributed by atoms with E-state index in [1.165, 1.54) is 6.39 Å². The van der Waals surface area contributed by atoms with Crippen LogP contribution in [-0.2, 0) is 4.74 Å². The molecule has 0 spiro atoms. The summed E-state index contributed by atoms with van der Waals surface area (Å²) < 4.78 is 16.0. The van der Waals surface area contributed by atoms with Crippen LogP contribution in [-0.4, -0.2) is 71.2 Å². The Morgan fingerprint density at radius 2 is 2.04 bits per heavy atom. The van der Waals surface area contributed by atoms with Crippen molar-refractivity contribution in [2.45, 2.75) is 13.0 Å². The molecule has 0 saturated carbocycles. The number of hydrogen-bond acceptors (Lipinski definition) is 9. The van der Waals surface area contributed by atoms with E-state index in [2.05, 4.69) is 25.1 Å². The number of fused-ring (bicyclic) bond motifs is 1. The summed E-state index contributed by atoms with van der Waals surface area (Å²) in [6, 6.07) is 3.87. The van der Waals surface area contributed by atoms with Gasteiger partial charge in [0.2, 0.25) is 0 Å². The van der Waals surface area contributed by atoms with E-state index in [0.717, 1.165) is 62.7 Å². The number of rotatable bonds is 5. The lowest BCUT2D eigenvalue weighted by Crippen LogP contribution is -2.53. The minimum atomic E-state index is -0.717. The lowest BCUT2D eigenvalue weighted by Gasteiger charge is -2.43. The fraction of sp³-hybridized carbons (Fsp3) is 0.526. The lowest BCUT2D eigenvalue weighted by molar-refractivity contribution is 0.0286. The Morgan fingerprint density at radius 1 is 1.21 bits per heavy atom. The second kappa shape index (κ2) is 7.16. The summed E-state index contributed by atoms with van der Waals surface area (Å²) >= 11 is 0. The van der Waals surface area contributed by atoms with Crippen LogP contribution in [0.1, 0.15) is 18.7 Å². The van der Waals surface area contributed by atoms with Gasteiger partial charge in [0.05, 0.1) is 25.0 Å². The van der Waals surface area contributed by atoms with Crippen LogP contribution in [0, 0.1) is 5.92 Å². The van der Waals surface area contributed by atoms with Crippen LogP contribution in [0.2, 0.25) is 0 Å². The van der Waals surface area contributed by atoms with Crippen molar-refractivity contribution in [3.63, 3.8) is 0 Å². The largest absolute Gasteiger partial charge is 0.443 e. The van der Waals surface area contributed by atoms with Crippen molar-refractivity contribution in [3.8, 4) is 11.3 Å². The zero-order valence-electron chi connectivity index (χ0n) is 15.7. The molecule has 1 N–H and O–H groups in total. The van der Waals surface area contributed by atoms with E-state index in [1.807, 2.05) is 12.1 Å². The number of hydrogen-bond donors (Lipinski definition) is 1. The van der Waals surface area contributed by atoms with Gasteiger partial charge in [-0.3, -0.25) is 4.90 Å². The van der Waals surface area contributed by atoms with Crippen molar-refractivity contribution < 1.29 is 18.9 Å². The van der Waals surface area contributed by atoms with E-state index < -0.39 is 6.10 Å². The maximum atomic E-state index is 9.96. The SMILES string of the molecule is CC(O)c1ncoc1-c1cc(N2CC(CN3CCOCC3)C2)c2nonc2c1. The Balaban J connectivity index is 1.39. The van der Waals surface area contributed by atoms with Gasteiger partial charge in [-0.25, -0.2) is 9.61 Å². The van der Waals surface area contributed by atoms with Crippen molar-refractivity contribution in [3.05, 3.63) is 24.2 Å². The molecule has 5 rings (SSSR count). The number of ether oxygens (including phenoxy) is 1. The first-order valence-corrected chi connectivity index (χ1v) is 9.62. The summed E-state index contributed by atoms with van der Waals surface area (Å²) in [7, 11) is 0. The maximum Gasteiger partial charge on any atom is 0.181 e. The number of aromatic nitrogens is 3. The average molecular weight is 385 g/mol. The lowest BCUT2D eigenvalue weighted by atomic mass is 9.97. The van der Waals surface area contributed by atoms with Gasteiger partial charge in [0.1, 0.15) is 11.2 Å². The third-order valence-corrected chi connectivity index (χ3v) is 5.51. The minimum absolute atomic E-state index is 0.510. The fourth-order valence-electron chi connectivity index (χ4n) is 4.04. The molecule has 0 bridgehead atoms. The summed E-state index contributed by atoms with van der Waals surface area (Å²) in [5.41, 5.74) is 3.70. The first-order chi connectivity index (χ1) is 13.7. The minimum Gasteiger partial charge on any atom is -0.443 e. The van der Waals surface area contributed by atoms with E-state index in [4.69, 9.17) is 13.8 Å². The van der Waals surface area contributed by atoms with Gasteiger partial charge in [0, 0.05) is 44.2 Å². The van der Waals surface area contributed by atoms with Crippen LogP contribution in [0.15, 0.2) is 27.6 Å². The zero-order valence-corrected chi connectivity index (χ0v) is 15.7. The molecule has 2 aromatic heterocycles. The third-order valence-electron chi connectivity index (χ3n) is 5.51. The van der Waals surface area contributed by atoms with Crippen LogP contribution in [0.5, 0.6) is 0 Å². The zero-order chi connectivity index (χ0) is 19.1. The molecule has 1 aromatic carbocycles. The summed E-state index contributed by atoms with van der Waals surface area (Å²) in [6.45, 7) is 8.36. The Labute approximate surface area is 161 Å². The fourth-order valence-corrected chi connectivity index (χ4v) is 4.04. The molecule has 4 heterocycles. The van der Waals surface area contributed by atoms with Gasteiger partial charge in [-0.1, -0.05) is 0 Å². The molecule has 0 amide bonds. The molecule has 0 aliphatic carbocycles. The van der Waals surface area contributed by atoms with Crippen LogP contribution in [0.25, 0.3) is 22.4 Å². The highest BCUT2D eigenvalue weighted by atomic mass is 16.6. The van der Waals surface area contributed by atoms with E-state index >= 15 is 0 Å². The quantitative estimate of drug-likeness (QED) is 0.703. The summed E-state index contributed by atoms with van der Waals surface area (Å²) in [5.74, 6) is 1.17. The van der Waals surface area contributed by atoms with E-state index in [-0.39, 0.29) is 0 Å². The van der Waals surface area contributed by atoms with Crippen LogP contribution < -0.4 is 4.90 Å². The van der Waals surface area contributed by atoms with Crippen molar-refractivity contribution in [2.24, 2.45) is 5.92 Å². The predicted octanol–water partition coefficient (Wildman–Crippen LogP) is 1.70. The highest BCUT2D eigenvalue weighted by Gasteiger charge is 2.31. The average Bonchev–Trinajstić information content (AvgIpc) is 3.33. The Kier molecular flexibility index (Phi) is 4.50. The number of aliphatic hydroxyl groups excluding tert-OH is 1. The molecule has 9 nitrogen and oxygen atoms in total. The molecule has 3 aromatic rings. The molecule has 2 aliphatic heterocycles. The number of benzene rings is 1. The molecule has 2 fully saturated rings. The molecule has 2 aliphatic rings. The molecule has 28 heavy (non-hydrogen) atoms. The van der Waals surface area contributed by atoms with Gasteiger partial charge >= 0.3 is 0 Å². The van der Waals surface area contributed by atoms with Gasteiger partial charge in [-0.15, -0.1) is 0 Å². The smallest absolute Gasteiger partial charge is 0.181 e. The van der Waals surface area contributed by atoms with E-state index in [9.17, 15) is 5.11 Å². The molecule has 1 atom stereocenters. The molecular formula is C19H23N5O4. The molecule has 9 heteroatoms. The monoisotopic (exact) mass is 385 g/mol. The molecule has 148 valence electrons. The molecular weight excluding hydrogens is 362 g/mol. The van der Waals surface area contributed by atoms with E-state index in [1.54, 1.807) is 6.92 Å². The molecule has 0 radical (unpaired) electrons. The van der Waals surface area contributed by atoms with Crippen molar-refractivity contribution in [1.29, 1.82) is 0 Å². The summed E-state index contributed by atoms with van der Waals surface area (Å²) in [6.07, 6.45) is 0.634. The Bertz CT molecular complexity index is 956. The predicted molar refractivity (Wildman–Crippen MR) is 101 cm³/mol. The summed E-state index contributed by atoms with van der Waals surface area (Å²) in [5, 5.41) is 18.1. The van der Waals surface area contributed by atoms with Crippen molar-refractivity contribution in [1.82, 2.24) is 20.2 Å². The van der Waals surface area contributed by atoms with Gasteiger partial charge in [0.25, 0.3) is 0 Å². The topological polar surface area (TPSA) is 101 Å². The first-order valence-electron chi connectivity index (χ1n) is 9.62. The van der Waals surface area contributed by atoms with Crippen molar-refractivity contribution in [2.75, 3.05) is 50.8 Å². The standard InChI is InChI=1S/C19H23N5O4/c1-12(25)17-19(27-11-20-17)14-6-15-18(22-28-21-15)16(7-14)24-9-13(10-24)8-23-2-4-26-5-3-23/h6-7,11-13,25H,2-5,8-10H2,1H3.